The van der Waals surface area contributed by atoms with Crippen molar-refractivity contribution >= 4 is 28.5 Å². The van der Waals surface area contributed by atoms with Crippen LogP contribution in [0.3, 0.4) is 0 Å². The van der Waals surface area contributed by atoms with Crippen molar-refractivity contribution in [3.63, 3.8) is 0 Å². The number of fused-ring (bicyclic) bond motifs is 1. The number of ether oxygens (including phenoxy) is 1. The molecule has 6 nitrogen and oxygen atoms in total. The minimum atomic E-state index is -0.431. The fourth-order valence-corrected chi connectivity index (χ4v) is 4.08. The topological polar surface area (TPSA) is 98.3 Å². The molecule has 0 bridgehead atoms. The fourth-order valence-electron chi connectivity index (χ4n) is 3.95. The quantitative estimate of drug-likeness (QED) is 0.281. The van der Waals surface area contributed by atoms with Crippen LogP contribution >= 0.6 is 11.6 Å². The summed E-state index contributed by atoms with van der Waals surface area (Å²) in [5, 5.41) is 11.8. The second kappa shape index (κ2) is 11.0. The maximum Gasteiger partial charge on any atom is 0.337 e. The van der Waals surface area contributed by atoms with E-state index in [4.69, 9.17) is 21.3 Å². The van der Waals surface area contributed by atoms with E-state index < -0.39 is 5.97 Å². The van der Waals surface area contributed by atoms with Crippen molar-refractivity contribution in [3.8, 4) is 39.4 Å². The maximum atomic E-state index is 12.1. The van der Waals surface area contributed by atoms with Gasteiger partial charge in [0.05, 0.1) is 29.3 Å². The monoisotopic (exact) mass is 497 g/mol. The number of aromatic hydroxyl groups is 1. The highest BCUT2D eigenvalue weighted by molar-refractivity contribution is 6.30. The van der Waals surface area contributed by atoms with Crippen LogP contribution < -0.4 is 5.73 Å². The first kappa shape index (κ1) is 24.9. The zero-order valence-corrected chi connectivity index (χ0v) is 20.5. The zero-order chi connectivity index (χ0) is 25.7. The van der Waals surface area contributed by atoms with Crippen molar-refractivity contribution in [3.05, 3.63) is 102 Å². The molecule has 5 aromatic rings. The molecule has 180 valence electrons. The van der Waals surface area contributed by atoms with Crippen LogP contribution in [0.2, 0.25) is 5.02 Å². The predicted octanol–water partition coefficient (Wildman–Crippen LogP) is 6.35. The van der Waals surface area contributed by atoms with Crippen LogP contribution in [-0.4, -0.2) is 35.2 Å². The summed E-state index contributed by atoms with van der Waals surface area (Å²) in [6.45, 7) is 0. The Morgan fingerprint density at radius 3 is 2.25 bits per heavy atom. The minimum Gasteiger partial charge on any atom is -0.493 e. The average molecular weight is 498 g/mol. The zero-order valence-electron chi connectivity index (χ0n) is 19.8. The lowest BCUT2D eigenvalue weighted by Gasteiger charge is -2.15. The Morgan fingerprint density at radius 1 is 0.861 bits per heavy atom. The Morgan fingerprint density at radius 2 is 1.56 bits per heavy atom. The molecule has 0 amide bonds. The lowest BCUT2D eigenvalue weighted by Crippen LogP contribution is -2.01. The summed E-state index contributed by atoms with van der Waals surface area (Å²) in [5.41, 5.74) is 10.4. The third-order valence-electron chi connectivity index (χ3n) is 5.63. The highest BCUT2D eigenvalue weighted by atomic mass is 35.5. The Balaban J connectivity index is 0.00000148. The van der Waals surface area contributed by atoms with Gasteiger partial charge in [0, 0.05) is 27.9 Å². The van der Waals surface area contributed by atoms with Gasteiger partial charge in [-0.2, -0.15) is 0 Å². The van der Waals surface area contributed by atoms with E-state index in [9.17, 15) is 9.90 Å². The molecular weight excluding hydrogens is 474 g/mol. The molecule has 5 rings (SSSR count). The van der Waals surface area contributed by atoms with E-state index in [0.29, 0.717) is 27.1 Å². The summed E-state index contributed by atoms with van der Waals surface area (Å²) < 4.78 is 4.86. The number of aromatic nitrogens is 2. The number of carbonyl (C=O) groups is 1. The van der Waals surface area contributed by atoms with Crippen molar-refractivity contribution in [1.82, 2.24) is 9.97 Å². The maximum absolute atomic E-state index is 12.1. The van der Waals surface area contributed by atoms with Gasteiger partial charge in [0.25, 0.3) is 0 Å². The van der Waals surface area contributed by atoms with Gasteiger partial charge >= 0.3 is 5.97 Å². The van der Waals surface area contributed by atoms with Gasteiger partial charge in [-0.1, -0.05) is 66.2 Å². The van der Waals surface area contributed by atoms with Gasteiger partial charge in [-0.25, -0.2) is 14.8 Å². The minimum absolute atomic E-state index is 0.116. The number of esters is 1. The van der Waals surface area contributed by atoms with Crippen molar-refractivity contribution < 1.29 is 14.6 Å². The summed E-state index contributed by atoms with van der Waals surface area (Å²) in [5.74, 6) is -0.547. The second-order valence-electron chi connectivity index (χ2n) is 7.72. The van der Waals surface area contributed by atoms with E-state index >= 15 is 0 Å². The van der Waals surface area contributed by atoms with Crippen LogP contribution in [0.5, 0.6) is 5.88 Å². The lowest BCUT2D eigenvalue weighted by atomic mass is 9.95. The molecule has 2 heterocycles. The molecule has 0 fully saturated rings. The number of benzene rings is 3. The molecule has 7 heteroatoms. The Bertz CT molecular complexity index is 1520. The number of hydrogen-bond acceptors (Lipinski definition) is 6. The molecule has 0 spiro atoms. The molecule has 0 atom stereocenters. The van der Waals surface area contributed by atoms with E-state index in [1.54, 1.807) is 24.4 Å². The highest BCUT2D eigenvalue weighted by Gasteiger charge is 2.18. The van der Waals surface area contributed by atoms with Gasteiger partial charge in [-0.15, -0.1) is 0 Å². The van der Waals surface area contributed by atoms with Gasteiger partial charge < -0.3 is 15.6 Å². The van der Waals surface area contributed by atoms with Gasteiger partial charge in [-0.05, 0) is 48.5 Å². The predicted molar refractivity (Wildman–Crippen MR) is 144 cm³/mol. The van der Waals surface area contributed by atoms with E-state index in [1.807, 2.05) is 66.7 Å². The van der Waals surface area contributed by atoms with Crippen molar-refractivity contribution in [1.29, 1.82) is 0 Å². The molecule has 2 aromatic heterocycles. The lowest BCUT2D eigenvalue weighted by molar-refractivity contribution is 0.0601. The number of hydrogen-bond donors (Lipinski definition) is 2. The molecule has 3 N–H and O–H groups in total. The van der Waals surface area contributed by atoms with Crippen molar-refractivity contribution in [2.75, 3.05) is 14.2 Å². The third kappa shape index (κ3) is 4.91. The van der Waals surface area contributed by atoms with E-state index in [2.05, 4.69) is 10.7 Å². The van der Waals surface area contributed by atoms with Crippen LogP contribution in [-0.2, 0) is 4.74 Å². The van der Waals surface area contributed by atoms with Gasteiger partial charge in [0.1, 0.15) is 0 Å². The van der Waals surface area contributed by atoms with Gasteiger partial charge in [-0.3, -0.25) is 0 Å². The largest absolute Gasteiger partial charge is 0.493 e. The Kier molecular flexibility index (Phi) is 7.59. The smallest absolute Gasteiger partial charge is 0.337 e. The number of rotatable bonds is 4. The first-order chi connectivity index (χ1) is 17.5. The van der Waals surface area contributed by atoms with Crippen LogP contribution in [0.4, 0.5) is 0 Å². The number of halogens is 1. The van der Waals surface area contributed by atoms with E-state index in [-0.39, 0.29) is 5.88 Å². The number of nitrogens with zero attached hydrogens (tertiary/aromatic N) is 2. The highest BCUT2D eigenvalue weighted by Crippen LogP contribution is 2.39. The van der Waals surface area contributed by atoms with Crippen LogP contribution in [0.1, 0.15) is 10.4 Å². The molecule has 0 unspecified atom stereocenters. The third-order valence-corrected chi connectivity index (χ3v) is 5.88. The summed E-state index contributed by atoms with van der Waals surface area (Å²) >= 11 is 6.13. The normalized spacial score (nSPS) is 10.4. The van der Waals surface area contributed by atoms with E-state index in [1.165, 1.54) is 14.2 Å². The van der Waals surface area contributed by atoms with Crippen LogP contribution in [0, 0.1) is 0 Å². The van der Waals surface area contributed by atoms with Gasteiger partial charge in [0.15, 0.2) is 0 Å². The fraction of sp³-hybridized carbons (Fsp3) is 0.0690. The standard InChI is InChI=1S/C28H19ClN2O3.CH5N/c1-34-28(33)20-9-5-8-19(14-20)24-16-30-27(32)23-15-22(17-6-3-2-4-7-17)25(31-26(23)24)18-10-12-21(29)13-11-18;1-2/h2-16H,1H3,(H,30,32);2H2,1H3. The average Bonchev–Trinajstić information content (AvgIpc) is 2.94. The first-order valence-electron chi connectivity index (χ1n) is 11.2. The summed E-state index contributed by atoms with van der Waals surface area (Å²) in [4.78, 5) is 21.3. The SMILES string of the molecule is CN.COC(=O)c1cccc(-c2cnc(O)c3cc(-c4ccccc4)c(-c4ccc(Cl)cc4)nc23)c1. The van der Waals surface area contributed by atoms with E-state index in [0.717, 1.165) is 27.9 Å². The van der Waals surface area contributed by atoms with Gasteiger partial charge in [0.2, 0.25) is 5.88 Å². The molecule has 3 aromatic carbocycles. The van der Waals surface area contributed by atoms with Crippen molar-refractivity contribution in [2.24, 2.45) is 5.73 Å². The van der Waals surface area contributed by atoms with Crippen LogP contribution in [0.15, 0.2) is 91.1 Å². The molecule has 0 aliphatic heterocycles. The number of nitrogens with two attached hydrogens (primary N) is 1. The molecule has 0 saturated carbocycles. The van der Waals surface area contributed by atoms with Crippen molar-refractivity contribution in [2.45, 2.75) is 0 Å². The molecule has 0 saturated heterocycles. The number of carbonyl (C=O) groups excluding carboxylic acids is 1. The molecule has 0 radical (unpaired) electrons. The second-order valence-corrected chi connectivity index (χ2v) is 8.16. The first-order valence-corrected chi connectivity index (χ1v) is 11.5. The summed E-state index contributed by atoms with van der Waals surface area (Å²) in [7, 11) is 2.84. The molecule has 0 aliphatic rings. The summed E-state index contributed by atoms with van der Waals surface area (Å²) in [6.07, 6.45) is 1.56. The molecule has 0 aliphatic carbocycles. The van der Waals surface area contributed by atoms with Crippen LogP contribution in [0.25, 0.3) is 44.4 Å². The number of pyridine rings is 2. The summed E-state index contributed by atoms with van der Waals surface area (Å²) in [6, 6.07) is 26.3. The number of methoxy groups -OCH3 is 1. The Labute approximate surface area is 214 Å². The Hall–Kier alpha value is -4.26. The molecule has 36 heavy (non-hydrogen) atoms. The molecular formula is C29H24ClN3O3.